The van der Waals surface area contributed by atoms with Crippen LogP contribution in [-0.2, 0) is 10.1 Å². The van der Waals surface area contributed by atoms with Crippen molar-refractivity contribution < 1.29 is 69.5 Å². The van der Waals surface area contributed by atoms with Crippen molar-refractivity contribution >= 4 is 10.1 Å². The molecule has 0 fully saturated rings. The first-order chi connectivity index (χ1) is 8.52. The predicted octanol–water partition coefficient (Wildman–Crippen LogP) is -0.183. The maximum atomic E-state index is 11.1. The van der Waals surface area contributed by atoms with Gasteiger partial charge in [-0.05, 0) is 19.3 Å². The molecule has 0 rings (SSSR count). The van der Waals surface area contributed by atoms with E-state index in [4.69, 9.17) is 5.11 Å². The van der Waals surface area contributed by atoms with Crippen molar-refractivity contribution in [3.05, 3.63) is 0 Å². The molecule has 0 aliphatic heterocycles. The molecule has 0 saturated heterocycles. The summed E-state index contributed by atoms with van der Waals surface area (Å²) in [5, 5.41) is 7.92. The van der Waals surface area contributed by atoms with E-state index >= 15 is 0 Å². The zero-order chi connectivity index (χ0) is 13.9. The van der Waals surface area contributed by atoms with Crippen molar-refractivity contribution in [1.82, 2.24) is 0 Å². The zero-order valence-electron chi connectivity index (χ0n) is 12.4. The van der Waals surface area contributed by atoms with Crippen molar-refractivity contribution in [2.75, 3.05) is 6.61 Å². The molecule has 1 N–H and O–H groups in total. The Bertz CT molecular complexity index is 280. The SMILES string of the molecule is CCCCCC(CCCCCCCO)S(=O)(=O)[O-].[K+]. The van der Waals surface area contributed by atoms with Crippen LogP contribution in [0.3, 0.4) is 0 Å². The van der Waals surface area contributed by atoms with Crippen LogP contribution in [0.5, 0.6) is 0 Å². The van der Waals surface area contributed by atoms with Crippen LogP contribution in [-0.4, -0.2) is 29.9 Å². The van der Waals surface area contributed by atoms with Gasteiger partial charge in [-0.2, -0.15) is 0 Å². The Balaban J connectivity index is 0. The second-order valence-corrected chi connectivity index (χ2v) is 6.54. The molecule has 19 heavy (non-hydrogen) atoms. The molecule has 4 nitrogen and oxygen atoms in total. The van der Waals surface area contributed by atoms with Gasteiger partial charge in [-0.25, -0.2) is 8.42 Å². The monoisotopic (exact) mass is 318 g/mol. The van der Waals surface area contributed by atoms with Crippen LogP contribution in [0.1, 0.15) is 71.1 Å². The summed E-state index contributed by atoms with van der Waals surface area (Å²) in [5.41, 5.74) is 0. The molecule has 0 aliphatic carbocycles. The molecule has 0 aromatic rings. The molecule has 0 aromatic carbocycles. The van der Waals surface area contributed by atoms with Gasteiger partial charge in [-0.3, -0.25) is 0 Å². The van der Waals surface area contributed by atoms with E-state index in [0.29, 0.717) is 12.8 Å². The number of unbranched alkanes of at least 4 members (excludes halogenated alkanes) is 6. The Morgan fingerprint density at radius 1 is 0.947 bits per heavy atom. The first kappa shape index (κ1) is 22.8. The van der Waals surface area contributed by atoms with E-state index < -0.39 is 15.4 Å². The summed E-state index contributed by atoms with van der Waals surface area (Å²) < 4.78 is 33.3. The summed E-state index contributed by atoms with van der Waals surface area (Å²) in [6, 6.07) is 0. The summed E-state index contributed by atoms with van der Waals surface area (Å²) in [4.78, 5) is 0. The third-order valence-electron chi connectivity index (χ3n) is 3.22. The first-order valence-electron chi connectivity index (χ1n) is 7.08. The summed E-state index contributed by atoms with van der Waals surface area (Å²) >= 11 is 0. The summed E-state index contributed by atoms with van der Waals surface area (Å²) in [7, 11) is -4.13. The van der Waals surface area contributed by atoms with E-state index in [1.807, 2.05) is 0 Å². The average molecular weight is 319 g/mol. The fraction of sp³-hybridized carbons (Fsp3) is 1.00. The third kappa shape index (κ3) is 14.2. The Labute approximate surface area is 160 Å². The van der Waals surface area contributed by atoms with Crippen molar-refractivity contribution in [2.45, 2.75) is 76.4 Å². The molecule has 1 atom stereocenters. The molecular formula is C13H27KO4S. The van der Waals surface area contributed by atoms with Gasteiger partial charge in [0.15, 0.2) is 0 Å². The molecule has 0 bridgehead atoms. The van der Waals surface area contributed by atoms with E-state index in [1.165, 1.54) is 0 Å². The molecule has 0 aliphatic rings. The van der Waals surface area contributed by atoms with Crippen molar-refractivity contribution in [3.8, 4) is 0 Å². The van der Waals surface area contributed by atoms with Crippen LogP contribution in [0.15, 0.2) is 0 Å². The minimum absolute atomic E-state index is 0. The molecule has 0 amide bonds. The van der Waals surface area contributed by atoms with Gasteiger partial charge in [0.25, 0.3) is 0 Å². The van der Waals surface area contributed by atoms with Crippen LogP contribution in [0.25, 0.3) is 0 Å². The normalized spacial score (nSPS) is 13.0. The maximum absolute atomic E-state index is 11.1. The van der Waals surface area contributed by atoms with Gasteiger partial charge in [0.2, 0.25) is 0 Å². The van der Waals surface area contributed by atoms with Gasteiger partial charge in [-0.15, -0.1) is 0 Å². The van der Waals surface area contributed by atoms with Crippen LogP contribution in [0.4, 0.5) is 0 Å². The van der Waals surface area contributed by atoms with Gasteiger partial charge in [0.1, 0.15) is 0 Å². The van der Waals surface area contributed by atoms with Crippen molar-refractivity contribution in [1.29, 1.82) is 0 Å². The number of aliphatic hydroxyl groups is 1. The van der Waals surface area contributed by atoms with Gasteiger partial charge < -0.3 is 9.66 Å². The standard InChI is InChI=1S/C13H28O4S.K/c1-2-3-7-10-13(18(15,16)17)11-8-5-4-6-9-12-14;/h13-14H,2-12H2,1H3,(H,15,16,17);/q;+1/p-1. The van der Waals surface area contributed by atoms with Crippen LogP contribution >= 0.6 is 0 Å². The molecule has 0 aromatic heterocycles. The molecule has 110 valence electrons. The van der Waals surface area contributed by atoms with E-state index in [2.05, 4.69) is 6.92 Å². The maximum Gasteiger partial charge on any atom is 1.00 e. The summed E-state index contributed by atoms with van der Waals surface area (Å²) in [5.74, 6) is 0. The van der Waals surface area contributed by atoms with Crippen molar-refractivity contribution in [3.63, 3.8) is 0 Å². The molecule has 6 heteroatoms. The average Bonchev–Trinajstić information content (AvgIpc) is 2.30. The minimum Gasteiger partial charge on any atom is -0.748 e. The van der Waals surface area contributed by atoms with Gasteiger partial charge >= 0.3 is 51.4 Å². The number of hydrogen-bond donors (Lipinski definition) is 1. The zero-order valence-corrected chi connectivity index (χ0v) is 16.4. The molecule has 0 heterocycles. The topological polar surface area (TPSA) is 77.4 Å². The second kappa shape index (κ2) is 14.4. The second-order valence-electron chi connectivity index (χ2n) is 4.89. The number of rotatable bonds is 12. The Morgan fingerprint density at radius 3 is 1.89 bits per heavy atom. The Hall–Kier alpha value is 1.51. The predicted molar refractivity (Wildman–Crippen MR) is 72.4 cm³/mol. The quantitative estimate of drug-likeness (QED) is 0.308. The molecule has 0 spiro atoms. The third-order valence-corrected chi connectivity index (χ3v) is 4.51. The first-order valence-corrected chi connectivity index (χ1v) is 8.55. The van der Waals surface area contributed by atoms with E-state index in [0.717, 1.165) is 51.4 Å². The fourth-order valence-corrected chi connectivity index (χ4v) is 2.98. The minimum atomic E-state index is -4.13. The number of aliphatic hydroxyl groups excluding tert-OH is 1. The molecular weight excluding hydrogens is 291 g/mol. The van der Waals surface area contributed by atoms with Crippen LogP contribution in [0.2, 0.25) is 0 Å². The van der Waals surface area contributed by atoms with Gasteiger partial charge in [0, 0.05) is 11.9 Å². The molecule has 0 radical (unpaired) electrons. The molecule has 1 unspecified atom stereocenters. The number of hydrogen-bond acceptors (Lipinski definition) is 4. The summed E-state index contributed by atoms with van der Waals surface area (Å²) in [6.45, 7) is 2.27. The summed E-state index contributed by atoms with van der Waals surface area (Å²) in [6.07, 6.45) is 8.37. The van der Waals surface area contributed by atoms with Gasteiger partial charge in [0.05, 0.1) is 10.1 Å². The fourth-order valence-electron chi connectivity index (χ4n) is 2.07. The smallest absolute Gasteiger partial charge is 0.748 e. The molecule has 0 saturated carbocycles. The Morgan fingerprint density at radius 2 is 1.42 bits per heavy atom. The van der Waals surface area contributed by atoms with E-state index in [-0.39, 0.29) is 58.0 Å². The van der Waals surface area contributed by atoms with Crippen LogP contribution in [0, 0.1) is 0 Å². The van der Waals surface area contributed by atoms with Crippen LogP contribution < -0.4 is 51.4 Å². The largest absolute Gasteiger partial charge is 1.00 e. The van der Waals surface area contributed by atoms with Crippen molar-refractivity contribution in [2.24, 2.45) is 0 Å². The van der Waals surface area contributed by atoms with E-state index in [1.54, 1.807) is 0 Å². The Kier molecular flexibility index (Phi) is 17.3. The van der Waals surface area contributed by atoms with E-state index in [9.17, 15) is 13.0 Å². The van der Waals surface area contributed by atoms with Gasteiger partial charge in [-0.1, -0.05) is 51.9 Å².